The number of anilines is 1. The van der Waals surface area contributed by atoms with E-state index in [0.717, 1.165) is 12.1 Å². The first-order chi connectivity index (χ1) is 7.13. The lowest BCUT2D eigenvalue weighted by Crippen LogP contribution is -2.23. The van der Waals surface area contributed by atoms with Crippen molar-refractivity contribution >= 4 is 5.95 Å². The van der Waals surface area contributed by atoms with Gasteiger partial charge in [0.15, 0.2) is 0 Å². The van der Waals surface area contributed by atoms with Gasteiger partial charge in [-0.15, -0.1) is 0 Å². The summed E-state index contributed by atoms with van der Waals surface area (Å²) >= 11 is 0. The minimum Gasteiger partial charge on any atom is -0.393 e. The highest BCUT2D eigenvalue weighted by atomic mass is 16.3. The van der Waals surface area contributed by atoms with Crippen LogP contribution in [0.1, 0.15) is 18.9 Å². The molecule has 1 aromatic rings. The molecule has 1 aromatic heterocycles. The van der Waals surface area contributed by atoms with E-state index in [2.05, 4.69) is 9.97 Å². The standard InChI is InChI=1S/C10H18N4O/c1-8(15)3-4-14(2)10-12-6-9(5-11)7-13-10/h6-8,15H,3-5,11H2,1-2H3. The van der Waals surface area contributed by atoms with Gasteiger partial charge in [0.2, 0.25) is 5.95 Å². The fraction of sp³-hybridized carbons (Fsp3) is 0.600. The summed E-state index contributed by atoms with van der Waals surface area (Å²) in [6, 6.07) is 0. The van der Waals surface area contributed by atoms with Crippen LogP contribution < -0.4 is 10.6 Å². The van der Waals surface area contributed by atoms with Crippen molar-refractivity contribution in [1.29, 1.82) is 0 Å². The van der Waals surface area contributed by atoms with Crippen LogP contribution in [0.4, 0.5) is 5.95 Å². The molecule has 0 aliphatic rings. The number of hydrogen-bond acceptors (Lipinski definition) is 5. The van der Waals surface area contributed by atoms with Crippen molar-refractivity contribution in [3.63, 3.8) is 0 Å². The molecule has 84 valence electrons. The number of rotatable bonds is 5. The van der Waals surface area contributed by atoms with E-state index in [4.69, 9.17) is 10.8 Å². The van der Waals surface area contributed by atoms with Gasteiger partial charge in [-0.05, 0) is 13.3 Å². The molecule has 0 amide bonds. The van der Waals surface area contributed by atoms with Gasteiger partial charge in [-0.2, -0.15) is 0 Å². The smallest absolute Gasteiger partial charge is 0.224 e. The molecule has 5 heteroatoms. The third kappa shape index (κ3) is 3.81. The molecular weight excluding hydrogens is 192 g/mol. The Bertz CT molecular complexity index is 286. The molecule has 0 radical (unpaired) electrons. The molecule has 3 N–H and O–H groups in total. The van der Waals surface area contributed by atoms with Gasteiger partial charge in [-0.1, -0.05) is 0 Å². The predicted octanol–water partition coefficient (Wildman–Crippen LogP) is 0.142. The number of hydrogen-bond donors (Lipinski definition) is 2. The Hall–Kier alpha value is -1.20. The molecule has 0 spiro atoms. The van der Waals surface area contributed by atoms with E-state index in [1.165, 1.54) is 0 Å². The Morgan fingerprint density at radius 2 is 2.07 bits per heavy atom. The van der Waals surface area contributed by atoms with Gasteiger partial charge in [0.25, 0.3) is 0 Å². The Labute approximate surface area is 90.0 Å². The first-order valence-electron chi connectivity index (χ1n) is 5.03. The molecule has 0 aromatic carbocycles. The molecule has 0 saturated carbocycles. The summed E-state index contributed by atoms with van der Waals surface area (Å²) < 4.78 is 0. The monoisotopic (exact) mass is 210 g/mol. The lowest BCUT2D eigenvalue weighted by Gasteiger charge is -2.17. The molecule has 1 atom stereocenters. The maximum atomic E-state index is 9.15. The minimum atomic E-state index is -0.296. The zero-order chi connectivity index (χ0) is 11.3. The van der Waals surface area contributed by atoms with Crippen molar-refractivity contribution in [2.75, 3.05) is 18.5 Å². The van der Waals surface area contributed by atoms with Crippen LogP contribution in [-0.2, 0) is 6.54 Å². The average molecular weight is 210 g/mol. The number of aliphatic hydroxyl groups is 1. The van der Waals surface area contributed by atoms with E-state index in [-0.39, 0.29) is 6.10 Å². The molecule has 0 saturated heterocycles. The van der Waals surface area contributed by atoms with Crippen molar-refractivity contribution in [3.8, 4) is 0 Å². The first-order valence-corrected chi connectivity index (χ1v) is 5.03. The number of aliphatic hydroxyl groups excluding tert-OH is 1. The fourth-order valence-corrected chi connectivity index (χ4v) is 1.13. The summed E-state index contributed by atoms with van der Waals surface area (Å²) in [5.41, 5.74) is 6.37. The van der Waals surface area contributed by atoms with Gasteiger partial charge in [0.05, 0.1) is 6.10 Å². The molecule has 0 aliphatic heterocycles. The lowest BCUT2D eigenvalue weighted by atomic mass is 10.3. The van der Waals surface area contributed by atoms with Gasteiger partial charge >= 0.3 is 0 Å². The molecular formula is C10H18N4O. The van der Waals surface area contributed by atoms with Crippen molar-refractivity contribution in [3.05, 3.63) is 18.0 Å². The van der Waals surface area contributed by atoms with Crippen LogP contribution in [-0.4, -0.2) is 34.8 Å². The molecule has 0 fully saturated rings. The van der Waals surface area contributed by atoms with E-state index in [1.807, 2.05) is 11.9 Å². The molecule has 1 heterocycles. The maximum Gasteiger partial charge on any atom is 0.224 e. The fourth-order valence-electron chi connectivity index (χ4n) is 1.13. The van der Waals surface area contributed by atoms with Crippen LogP contribution in [0.3, 0.4) is 0 Å². The van der Waals surface area contributed by atoms with Crippen LogP contribution in [0.2, 0.25) is 0 Å². The SMILES string of the molecule is CC(O)CCN(C)c1ncc(CN)cn1. The van der Waals surface area contributed by atoms with E-state index in [0.29, 0.717) is 18.9 Å². The van der Waals surface area contributed by atoms with Crippen LogP contribution in [0.15, 0.2) is 12.4 Å². The number of nitrogens with zero attached hydrogens (tertiary/aromatic N) is 3. The second-order valence-corrected chi connectivity index (χ2v) is 3.65. The van der Waals surface area contributed by atoms with Crippen molar-refractivity contribution in [1.82, 2.24) is 9.97 Å². The van der Waals surface area contributed by atoms with Crippen LogP contribution >= 0.6 is 0 Å². The summed E-state index contributed by atoms with van der Waals surface area (Å²) in [7, 11) is 1.90. The van der Waals surface area contributed by atoms with Crippen LogP contribution in [0.25, 0.3) is 0 Å². The van der Waals surface area contributed by atoms with Crippen LogP contribution in [0.5, 0.6) is 0 Å². The predicted molar refractivity (Wildman–Crippen MR) is 59.5 cm³/mol. The molecule has 0 aliphatic carbocycles. The largest absolute Gasteiger partial charge is 0.393 e. The number of aromatic nitrogens is 2. The maximum absolute atomic E-state index is 9.15. The molecule has 1 rings (SSSR count). The van der Waals surface area contributed by atoms with Gasteiger partial charge in [-0.25, -0.2) is 9.97 Å². The third-order valence-corrected chi connectivity index (χ3v) is 2.15. The van der Waals surface area contributed by atoms with Gasteiger partial charge in [0, 0.05) is 38.1 Å². The zero-order valence-corrected chi connectivity index (χ0v) is 9.22. The topological polar surface area (TPSA) is 75.3 Å². The van der Waals surface area contributed by atoms with Gasteiger partial charge in [-0.3, -0.25) is 0 Å². The highest BCUT2D eigenvalue weighted by molar-refractivity contribution is 5.28. The third-order valence-electron chi connectivity index (χ3n) is 2.15. The van der Waals surface area contributed by atoms with E-state index in [1.54, 1.807) is 19.3 Å². The normalized spacial score (nSPS) is 12.5. The van der Waals surface area contributed by atoms with Crippen molar-refractivity contribution < 1.29 is 5.11 Å². The van der Waals surface area contributed by atoms with Gasteiger partial charge in [0.1, 0.15) is 0 Å². The Balaban J connectivity index is 2.54. The Morgan fingerprint density at radius 3 is 2.53 bits per heavy atom. The van der Waals surface area contributed by atoms with E-state index >= 15 is 0 Å². The summed E-state index contributed by atoms with van der Waals surface area (Å²) in [6.45, 7) is 2.96. The molecule has 5 nitrogen and oxygen atoms in total. The van der Waals surface area contributed by atoms with E-state index < -0.39 is 0 Å². The summed E-state index contributed by atoms with van der Waals surface area (Å²) in [5, 5.41) is 9.15. The van der Waals surface area contributed by atoms with Crippen molar-refractivity contribution in [2.45, 2.75) is 26.0 Å². The second-order valence-electron chi connectivity index (χ2n) is 3.65. The zero-order valence-electron chi connectivity index (χ0n) is 9.22. The summed E-state index contributed by atoms with van der Waals surface area (Å²) in [6.07, 6.45) is 3.86. The Morgan fingerprint density at radius 1 is 1.47 bits per heavy atom. The molecule has 15 heavy (non-hydrogen) atoms. The quantitative estimate of drug-likeness (QED) is 0.723. The summed E-state index contributed by atoms with van der Waals surface area (Å²) in [5.74, 6) is 0.660. The Kier molecular flexibility index (Phi) is 4.45. The first kappa shape index (κ1) is 11.9. The molecule has 1 unspecified atom stereocenters. The van der Waals surface area contributed by atoms with Gasteiger partial charge < -0.3 is 15.7 Å². The van der Waals surface area contributed by atoms with Crippen LogP contribution in [0, 0.1) is 0 Å². The average Bonchev–Trinajstić information content (AvgIpc) is 2.26. The minimum absolute atomic E-state index is 0.296. The second kappa shape index (κ2) is 5.63. The summed E-state index contributed by atoms with van der Waals surface area (Å²) in [4.78, 5) is 10.3. The number of nitrogens with two attached hydrogens (primary N) is 1. The van der Waals surface area contributed by atoms with E-state index in [9.17, 15) is 0 Å². The van der Waals surface area contributed by atoms with Crippen molar-refractivity contribution in [2.24, 2.45) is 5.73 Å². The highest BCUT2D eigenvalue weighted by Gasteiger charge is 2.05. The molecule has 0 bridgehead atoms. The highest BCUT2D eigenvalue weighted by Crippen LogP contribution is 2.05. The lowest BCUT2D eigenvalue weighted by molar-refractivity contribution is 0.186.